The van der Waals surface area contributed by atoms with Crippen LogP contribution in [0.25, 0.3) is 0 Å². The molecule has 0 aliphatic heterocycles. The SMILES string of the molecule is C=C(C)C(N)=O.C=CS(=O)(=O)O. The largest absolute Gasteiger partial charge is 0.366 e. The lowest BCUT2D eigenvalue weighted by atomic mass is 10.3. The first kappa shape index (κ1) is 13.4. The zero-order valence-corrected chi connectivity index (χ0v) is 7.47. The van der Waals surface area contributed by atoms with Gasteiger partial charge in [-0.1, -0.05) is 13.2 Å². The molecule has 1 amide bonds. The molecule has 0 aromatic rings. The first-order valence-corrected chi connectivity index (χ1v) is 4.26. The van der Waals surface area contributed by atoms with Crippen LogP contribution in [0.5, 0.6) is 0 Å². The Hall–Kier alpha value is -1.14. The van der Waals surface area contributed by atoms with E-state index < -0.39 is 16.0 Å². The highest BCUT2D eigenvalue weighted by Crippen LogP contribution is 1.78. The highest BCUT2D eigenvalue weighted by molar-refractivity contribution is 7.88. The minimum absolute atomic E-state index is 0.398. The highest BCUT2D eigenvalue weighted by Gasteiger charge is 1.88. The molecular weight excluding hydrogens is 182 g/mol. The Morgan fingerprint density at radius 1 is 1.58 bits per heavy atom. The maximum atomic E-state index is 9.82. The molecular formula is C6H11NO4S. The monoisotopic (exact) mass is 193 g/mol. The lowest BCUT2D eigenvalue weighted by Crippen LogP contribution is -2.10. The standard InChI is InChI=1S/C4H7NO.C2H4O3S/c1-3(2)4(5)6;1-2-6(3,4)5/h1H2,2H3,(H2,5,6);2H,1H2,(H,3,4,5). The van der Waals surface area contributed by atoms with Crippen molar-refractivity contribution in [1.82, 2.24) is 0 Å². The lowest BCUT2D eigenvalue weighted by Gasteiger charge is -1.81. The summed E-state index contributed by atoms with van der Waals surface area (Å²) in [5, 5.41) is 0.465. The summed E-state index contributed by atoms with van der Waals surface area (Å²) in [6.45, 7) is 7.65. The van der Waals surface area contributed by atoms with Crippen molar-refractivity contribution in [3.05, 3.63) is 24.1 Å². The van der Waals surface area contributed by atoms with E-state index in [1.165, 1.54) is 0 Å². The number of amides is 1. The van der Waals surface area contributed by atoms with Gasteiger partial charge < -0.3 is 5.73 Å². The van der Waals surface area contributed by atoms with E-state index in [0.29, 0.717) is 11.0 Å². The number of hydrogen-bond acceptors (Lipinski definition) is 3. The Morgan fingerprint density at radius 2 is 1.75 bits per heavy atom. The van der Waals surface area contributed by atoms with Gasteiger partial charge in [-0.2, -0.15) is 8.42 Å². The van der Waals surface area contributed by atoms with Gasteiger partial charge in [-0.3, -0.25) is 9.35 Å². The third kappa shape index (κ3) is 15.9. The summed E-state index contributed by atoms with van der Waals surface area (Å²) in [6.07, 6.45) is 0. The van der Waals surface area contributed by atoms with E-state index in [0.717, 1.165) is 0 Å². The van der Waals surface area contributed by atoms with E-state index in [1.54, 1.807) is 6.92 Å². The molecule has 12 heavy (non-hydrogen) atoms. The number of carbonyl (C=O) groups excluding carboxylic acids is 1. The molecule has 5 nitrogen and oxygen atoms in total. The van der Waals surface area contributed by atoms with Gasteiger partial charge in [0.25, 0.3) is 10.1 Å². The van der Waals surface area contributed by atoms with Crippen LogP contribution in [-0.4, -0.2) is 18.9 Å². The summed E-state index contributed by atoms with van der Waals surface area (Å²) < 4.78 is 26.6. The summed E-state index contributed by atoms with van der Waals surface area (Å²) in [5.41, 5.74) is 5.09. The molecule has 0 saturated carbocycles. The molecule has 6 heteroatoms. The quantitative estimate of drug-likeness (QED) is 0.478. The van der Waals surface area contributed by atoms with Crippen LogP contribution in [0, 0.1) is 0 Å². The molecule has 3 N–H and O–H groups in total. The van der Waals surface area contributed by atoms with Gasteiger partial charge in [0, 0.05) is 5.57 Å². The van der Waals surface area contributed by atoms with Crippen molar-refractivity contribution in [3.63, 3.8) is 0 Å². The Labute approximate surface area is 71.3 Å². The normalized spacial score (nSPS) is 9.17. The van der Waals surface area contributed by atoms with Crippen molar-refractivity contribution in [2.45, 2.75) is 6.92 Å². The Morgan fingerprint density at radius 3 is 1.75 bits per heavy atom. The average Bonchev–Trinajstić information content (AvgIpc) is 1.87. The fourth-order valence-electron chi connectivity index (χ4n) is 0. The van der Waals surface area contributed by atoms with Crippen molar-refractivity contribution in [1.29, 1.82) is 0 Å². The predicted molar refractivity (Wildman–Crippen MR) is 45.8 cm³/mol. The Kier molecular flexibility index (Phi) is 6.17. The maximum absolute atomic E-state index is 9.82. The molecule has 70 valence electrons. The highest BCUT2D eigenvalue weighted by atomic mass is 32.2. The Balaban J connectivity index is 0. The summed E-state index contributed by atoms with van der Waals surface area (Å²) in [7, 11) is -3.90. The molecule has 0 aliphatic rings. The van der Waals surface area contributed by atoms with Crippen LogP contribution in [0.2, 0.25) is 0 Å². The van der Waals surface area contributed by atoms with Crippen LogP contribution in [0.15, 0.2) is 24.1 Å². The second-order valence-electron chi connectivity index (χ2n) is 1.83. The molecule has 0 bridgehead atoms. The van der Waals surface area contributed by atoms with E-state index in [-0.39, 0.29) is 0 Å². The van der Waals surface area contributed by atoms with Crippen LogP contribution >= 0.6 is 0 Å². The summed E-state index contributed by atoms with van der Waals surface area (Å²) >= 11 is 0. The van der Waals surface area contributed by atoms with E-state index in [9.17, 15) is 13.2 Å². The molecule has 0 radical (unpaired) electrons. The fraction of sp³-hybridized carbons (Fsp3) is 0.167. The number of primary amides is 1. The van der Waals surface area contributed by atoms with Crippen molar-refractivity contribution in [2.75, 3.05) is 0 Å². The zero-order chi connectivity index (χ0) is 10.4. The summed E-state index contributed by atoms with van der Waals surface area (Å²) in [6, 6.07) is 0. The van der Waals surface area contributed by atoms with Gasteiger partial charge in [0.2, 0.25) is 5.91 Å². The fourth-order valence-corrected chi connectivity index (χ4v) is 0. The molecule has 0 aromatic heterocycles. The van der Waals surface area contributed by atoms with Gasteiger partial charge in [-0.05, 0) is 6.92 Å². The maximum Gasteiger partial charge on any atom is 0.287 e. The number of nitrogens with two attached hydrogens (primary N) is 1. The first-order chi connectivity index (χ1) is 5.20. The zero-order valence-electron chi connectivity index (χ0n) is 6.65. The van der Waals surface area contributed by atoms with Crippen LogP contribution in [0.3, 0.4) is 0 Å². The predicted octanol–water partition coefficient (Wildman–Crippen LogP) is 0.0655. The van der Waals surface area contributed by atoms with Crippen LogP contribution in [0.4, 0.5) is 0 Å². The van der Waals surface area contributed by atoms with E-state index in [1.807, 2.05) is 0 Å². The second kappa shape index (κ2) is 5.50. The minimum atomic E-state index is -3.90. The molecule has 0 atom stereocenters. The third-order valence-electron chi connectivity index (χ3n) is 0.631. The van der Waals surface area contributed by atoms with Gasteiger partial charge in [0.15, 0.2) is 0 Å². The van der Waals surface area contributed by atoms with E-state index >= 15 is 0 Å². The average molecular weight is 193 g/mol. The third-order valence-corrected chi connectivity index (χ3v) is 1.05. The van der Waals surface area contributed by atoms with E-state index in [2.05, 4.69) is 13.2 Å². The first-order valence-electron chi connectivity index (χ1n) is 2.76. The van der Waals surface area contributed by atoms with Gasteiger partial charge in [0.1, 0.15) is 0 Å². The van der Waals surface area contributed by atoms with Crippen LogP contribution < -0.4 is 5.73 Å². The second-order valence-corrected chi connectivity index (χ2v) is 3.19. The number of carbonyl (C=O) groups is 1. The lowest BCUT2D eigenvalue weighted by molar-refractivity contribution is -0.114. The number of hydrogen-bond donors (Lipinski definition) is 2. The molecule has 0 aliphatic carbocycles. The molecule has 0 heterocycles. The summed E-state index contributed by atoms with van der Waals surface area (Å²) in [4.78, 5) is 9.82. The van der Waals surface area contributed by atoms with Crippen molar-refractivity contribution in [2.24, 2.45) is 5.73 Å². The molecule has 0 saturated heterocycles. The van der Waals surface area contributed by atoms with Crippen molar-refractivity contribution >= 4 is 16.0 Å². The van der Waals surface area contributed by atoms with E-state index in [4.69, 9.17) is 10.3 Å². The van der Waals surface area contributed by atoms with Gasteiger partial charge >= 0.3 is 0 Å². The minimum Gasteiger partial charge on any atom is -0.366 e. The number of rotatable bonds is 2. The van der Waals surface area contributed by atoms with Gasteiger partial charge in [0.05, 0.1) is 5.41 Å². The molecule has 0 rings (SSSR count). The topological polar surface area (TPSA) is 97.5 Å². The molecule has 0 spiro atoms. The smallest absolute Gasteiger partial charge is 0.287 e. The van der Waals surface area contributed by atoms with Crippen molar-refractivity contribution < 1.29 is 17.8 Å². The van der Waals surface area contributed by atoms with Gasteiger partial charge in [-0.25, -0.2) is 0 Å². The summed E-state index contributed by atoms with van der Waals surface area (Å²) in [5.74, 6) is -0.435. The van der Waals surface area contributed by atoms with Gasteiger partial charge in [-0.15, -0.1) is 0 Å². The van der Waals surface area contributed by atoms with Crippen molar-refractivity contribution in [3.8, 4) is 0 Å². The molecule has 0 aromatic carbocycles. The van der Waals surface area contributed by atoms with Crippen LogP contribution in [0.1, 0.15) is 6.92 Å². The molecule has 0 fully saturated rings. The Bertz CT molecular complexity index is 254. The molecule has 0 unspecified atom stereocenters. The van der Waals surface area contributed by atoms with Crippen LogP contribution in [-0.2, 0) is 14.9 Å².